The predicted octanol–water partition coefficient (Wildman–Crippen LogP) is -0.267. The third kappa shape index (κ3) is 2.19. The molecule has 1 saturated heterocycles. The molecule has 0 spiro atoms. The average Bonchev–Trinajstić information content (AvgIpc) is 2.34. The molecule has 11 heavy (non-hydrogen) atoms. The zero-order valence-corrected chi connectivity index (χ0v) is 7.62. The largest absolute Gasteiger partial charge is 0.437 e. The summed E-state index contributed by atoms with van der Waals surface area (Å²) in [4.78, 5) is 4.33. The summed E-state index contributed by atoms with van der Waals surface area (Å²) in [6.07, 6.45) is 1.18. The van der Waals surface area contributed by atoms with Crippen LogP contribution in [0.15, 0.2) is 0 Å². The summed E-state index contributed by atoms with van der Waals surface area (Å²) in [5.74, 6) is 0. The molecule has 1 aliphatic rings. The second kappa shape index (κ2) is 3.56. The molecule has 1 N–H and O–H groups in total. The first-order valence-electron chi connectivity index (χ1n) is 4.20. The van der Waals surface area contributed by atoms with E-state index in [9.17, 15) is 5.02 Å². The van der Waals surface area contributed by atoms with Crippen LogP contribution in [-0.4, -0.2) is 55.0 Å². The molecule has 1 rings (SSSR count). The van der Waals surface area contributed by atoms with E-state index >= 15 is 0 Å². The van der Waals surface area contributed by atoms with E-state index in [1.54, 1.807) is 0 Å². The summed E-state index contributed by atoms with van der Waals surface area (Å²) in [6, 6.07) is 0.542. The first-order chi connectivity index (χ1) is 5.11. The third-order valence-electron chi connectivity index (χ3n) is 2.53. The second-order valence-corrected chi connectivity index (χ2v) is 3.50. The molecule has 0 aromatic heterocycles. The van der Waals surface area contributed by atoms with Gasteiger partial charge in [0.05, 0.1) is 0 Å². The minimum atomic E-state index is -0.313. The predicted molar refractivity (Wildman–Crippen MR) is 47.5 cm³/mol. The minimum absolute atomic E-state index is 0.313. The number of likely N-dealkylation sites (tertiary alicyclic amines) is 1. The fourth-order valence-corrected chi connectivity index (χ4v) is 1.55. The van der Waals surface area contributed by atoms with Crippen LogP contribution < -0.4 is 0 Å². The van der Waals surface area contributed by atoms with Crippen molar-refractivity contribution in [2.24, 2.45) is 0 Å². The Bertz CT molecular complexity index is 132. The van der Waals surface area contributed by atoms with Gasteiger partial charge in [0.1, 0.15) is 0 Å². The molecular formula is C7H17BN2O. The van der Waals surface area contributed by atoms with E-state index < -0.39 is 0 Å². The van der Waals surface area contributed by atoms with Crippen molar-refractivity contribution in [3.63, 3.8) is 0 Å². The monoisotopic (exact) mass is 156 g/mol. The quantitative estimate of drug-likeness (QED) is 0.557. The van der Waals surface area contributed by atoms with E-state index in [4.69, 9.17) is 0 Å². The van der Waals surface area contributed by atoms with Gasteiger partial charge in [-0.3, -0.25) is 0 Å². The third-order valence-corrected chi connectivity index (χ3v) is 2.53. The van der Waals surface area contributed by atoms with Crippen molar-refractivity contribution in [2.45, 2.75) is 19.3 Å². The summed E-state index contributed by atoms with van der Waals surface area (Å²) >= 11 is 0. The fourth-order valence-electron chi connectivity index (χ4n) is 1.55. The molecule has 0 aromatic rings. The van der Waals surface area contributed by atoms with Crippen LogP contribution in [0.1, 0.15) is 6.42 Å². The van der Waals surface area contributed by atoms with Crippen molar-refractivity contribution in [3.05, 3.63) is 0 Å². The van der Waals surface area contributed by atoms with Crippen LogP contribution in [0.25, 0.3) is 0 Å². The number of hydrogen-bond donors (Lipinski definition) is 1. The molecule has 0 aromatic carbocycles. The number of hydrogen-bond acceptors (Lipinski definition) is 3. The normalized spacial score (nSPS) is 26.5. The maximum atomic E-state index is 9.27. The lowest BCUT2D eigenvalue weighted by Crippen LogP contribution is -2.43. The van der Waals surface area contributed by atoms with Gasteiger partial charge in [0.15, 0.2) is 0 Å². The van der Waals surface area contributed by atoms with Crippen LogP contribution in [0.4, 0.5) is 0 Å². The molecule has 0 saturated carbocycles. The Hall–Kier alpha value is -0.0551. The number of nitrogens with zero attached hydrogens (tertiary/aromatic N) is 2. The fraction of sp³-hybridized carbons (Fsp3) is 1.00. The summed E-state index contributed by atoms with van der Waals surface area (Å²) in [5, 5.41) is 9.27. The summed E-state index contributed by atoms with van der Waals surface area (Å²) in [7, 11) is 3.79. The van der Waals surface area contributed by atoms with Gasteiger partial charge < -0.3 is 14.7 Å². The molecule has 0 radical (unpaired) electrons. The first-order valence-corrected chi connectivity index (χ1v) is 4.20. The smallest absolute Gasteiger partial charge is 0.376 e. The van der Waals surface area contributed by atoms with Crippen molar-refractivity contribution in [1.29, 1.82) is 0 Å². The summed E-state index contributed by atoms with van der Waals surface area (Å²) in [5.41, 5.74) is 0. The van der Waals surface area contributed by atoms with Gasteiger partial charge in [-0.25, -0.2) is 0 Å². The number of likely N-dealkylation sites (N-methyl/N-ethyl adjacent to an activating group) is 2. The highest BCUT2D eigenvalue weighted by Crippen LogP contribution is 2.12. The molecule has 1 atom stereocenters. The second-order valence-electron chi connectivity index (χ2n) is 3.50. The van der Waals surface area contributed by atoms with Gasteiger partial charge in [-0.1, -0.05) is 0 Å². The molecule has 0 aliphatic carbocycles. The molecule has 1 aliphatic heterocycles. The SMILES string of the molecule is CB(O)N(C)C1CCN(C)C1. The molecule has 1 heterocycles. The van der Waals surface area contributed by atoms with Crippen molar-refractivity contribution < 1.29 is 5.02 Å². The molecule has 1 fully saturated rings. The standard InChI is InChI=1S/C7H17BN2O/c1-8(11)10(3)7-4-5-9(2)6-7/h7,11H,4-6H2,1-3H3. The zero-order valence-electron chi connectivity index (χ0n) is 7.62. The minimum Gasteiger partial charge on any atom is -0.437 e. The van der Waals surface area contributed by atoms with Crippen molar-refractivity contribution >= 4 is 7.05 Å². The van der Waals surface area contributed by atoms with Crippen molar-refractivity contribution in [2.75, 3.05) is 27.2 Å². The lowest BCUT2D eigenvalue weighted by molar-refractivity contribution is 0.318. The Labute approximate surface area is 69.1 Å². The van der Waals surface area contributed by atoms with Crippen LogP contribution in [0.5, 0.6) is 0 Å². The van der Waals surface area contributed by atoms with Gasteiger partial charge in [-0.2, -0.15) is 0 Å². The Kier molecular flexibility index (Phi) is 2.93. The topological polar surface area (TPSA) is 26.7 Å². The average molecular weight is 156 g/mol. The van der Waals surface area contributed by atoms with E-state index in [-0.39, 0.29) is 7.05 Å². The molecule has 3 nitrogen and oxygen atoms in total. The highest BCUT2D eigenvalue weighted by atomic mass is 16.2. The van der Waals surface area contributed by atoms with Gasteiger partial charge in [-0.15, -0.1) is 0 Å². The van der Waals surface area contributed by atoms with Crippen molar-refractivity contribution in [1.82, 2.24) is 9.71 Å². The molecule has 4 heteroatoms. The van der Waals surface area contributed by atoms with Crippen LogP contribution in [0.3, 0.4) is 0 Å². The molecule has 1 unspecified atom stereocenters. The van der Waals surface area contributed by atoms with Gasteiger partial charge in [0.25, 0.3) is 0 Å². The lowest BCUT2D eigenvalue weighted by Gasteiger charge is -2.24. The first kappa shape index (κ1) is 9.04. The summed E-state index contributed by atoms with van der Waals surface area (Å²) < 4.78 is 0. The number of rotatable bonds is 2. The van der Waals surface area contributed by atoms with Crippen LogP contribution in [-0.2, 0) is 0 Å². The van der Waals surface area contributed by atoms with Gasteiger partial charge in [-0.05, 0) is 33.9 Å². The molecule has 0 amide bonds. The highest BCUT2D eigenvalue weighted by Gasteiger charge is 2.26. The van der Waals surface area contributed by atoms with Crippen LogP contribution in [0.2, 0.25) is 6.82 Å². The van der Waals surface area contributed by atoms with Crippen LogP contribution in [0, 0.1) is 0 Å². The van der Waals surface area contributed by atoms with Crippen LogP contribution >= 0.6 is 0 Å². The van der Waals surface area contributed by atoms with E-state index in [1.807, 2.05) is 18.7 Å². The maximum absolute atomic E-state index is 9.27. The molecular weight excluding hydrogens is 139 g/mol. The highest BCUT2D eigenvalue weighted by molar-refractivity contribution is 6.45. The van der Waals surface area contributed by atoms with Gasteiger partial charge in [0.2, 0.25) is 0 Å². The van der Waals surface area contributed by atoms with E-state index in [0.717, 1.165) is 13.1 Å². The van der Waals surface area contributed by atoms with E-state index in [1.165, 1.54) is 6.42 Å². The van der Waals surface area contributed by atoms with E-state index in [2.05, 4.69) is 11.9 Å². The lowest BCUT2D eigenvalue weighted by atomic mass is 9.84. The Morgan fingerprint density at radius 3 is 2.64 bits per heavy atom. The molecule has 64 valence electrons. The summed E-state index contributed by atoms with van der Waals surface area (Å²) in [6.45, 7) is 4.06. The van der Waals surface area contributed by atoms with Crippen molar-refractivity contribution in [3.8, 4) is 0 Å². The zero-order chi connectivity index (χ0) is 8.43. The molecule has 0 bridgehead atoms. The Morgan fingerprint density at radius 1 is 1.64 bits per heavy atom. The van der Waals surface area contributed by atoms with Gasteiger partial charge >= 0.3 is 7.05 Å². The Balaban J connectivity index is 2.36. The maximum Gasteiger partial charge on any atom is 0.376 e. The Morgan fingerprint density at radius 2 is 2.27 bits per heavy atom. The van der Waals surface area contributed by atoms with Gasteiger partial charge in [0, 0.05) is 12.6 Å². The van der Waals surface area contributed by atoms with E-state index in [0.29, 0.717) is 6.04 Å².